The molecule has 0 rings (SSSR count). The summed E-state index contributed by atoms with van der Waals surface area (Å²) in [5, 5.41) is 33.0. The Morgan fingerprint density at radius 1 is 1.25 bits per heavy atom. The van der Waals surface area contributed by atoms with Gasteiger partial charge in [0.25, 0.3) is 0 Å². The molecule has 0 aromatic heterocycles. The molecular formula is C7H19NO4. The summed E-state index contributed by atoms with van der Waals surface area (Å²) in [5.41, 5.74) is 4.92. The monoisotopic (exact) mass is 181 g/mol. The summed E-state index contributed by atoms with van der Waals surface area (Å²) in [7, 11) is 0. The van der Waals surface area contributed by atoms with E-state index in [2.05, 4.69) is 0 Å². The van der Waals surface area contributed by atoms with Crippen LogP contribution in [-0.2, 0) is 0 Å². The van der Waals surface area contributed by atoms with Crippen molar-refractivity contribution in [1.29, 1.82) is 0 Å². The topological polar surface area (TPSA) is 107 Å². The maximum absolute atomic E-state index is 8.56. The van der Waals surface area contributed by atoms with Crippen LogP contribution in [-0.4, -0.2) is 39.0 Å². The van der Waals surface area contributed by atoms with E-state index < -0.39 is 12.1 Å². The summed E-state index contributed by atoms with van der Waals surface area (Å²) in [4.78, 5) is 0. The van der Waals surface area contributed by atoms with Gasteiger partial charge in [0.15, 0.2) is 12.1 Å². The fourth-order valence-electron chi connectivity index (χ4n) is 0.144. The summed E-state index contributed by atoms with van der Waals surface area (Å²) < 4.78 is 0. The molecule has 0 aromatic rings. The molecule has 0 atom stereocenters. The predicted octanol–water partition coefficient (Wildman–Crippen LogP) is -1.26. The van der Waals surface area contributed by atoms with E-state index in [1.807, 2.05) is 0 Å². The molecule has 0 aliphatic rings. The maximum Gasteiger partial charge on any atom is 0.174 e. The van der Waals surface area contributed by atoms with Crippen molar-refractivity contribution in [1.82, 2.24) is 0 Å². The highest BCUT2D eigenvalue weighted by Gasteiger charge is 2.15. The molecule has 0 aromatic carbocycles. The van der Waals surface area contributed by atoms with Gasteiger partial charge in [-0.1, -0.05) is 13.8 Å². The second-order valence-corrected chi connectivity index (χ2v) is 2.43. The third-order valence-electron chi connectivity index (χ3n) is 1.26. The largest absolute Gasteiger partial charge is 0.368 e. The number of hydrogen-bond donors (Lipinski definition) is 5. The van der Waals surface area contributed by atoms with Crippen molar-refractivity contribution in [2.75, 3.05) is 6.54 Å². The first-order chi connectivity index (χ1) is 5.39. The van der Waals surface area contributed by atoms with Gasteiger partial charge in [0, 0.05) is 6.54 Å². The highest BCUT2D eigenvalue weighted by Crippen LogP contribution is 1.99. The first-order valence-electron chi connectivity index (χ1n) is 3.90. The van der Waals surface area contributed by atoms with Gasteiger partial charge < -0.3 is 26.2 Å². The molecule has 6 N–H and O–H groups in total. The molecule has 0 bridgehead atoms. The lowest BCUT2D eigenvalue weighted by Crippen LogP contribution is -2.36. The molecule has 0 saturated carbocycles. The smallest absolute Gasteiger partial charge is 0.174 e. The Morgan fingerprint density at radius 2 is 1.58 bits per heavy atom. The zero-order valence-electron chi connectivity index (χ0n) is 7.56. The third kappa shape index (κ3) is 12.5. The van der Waals surface area contributed by atoms with Gasteiger partial charge in [-0.15, -0.1) is 0 Å². The molecule has 76 valence electrons. The van der Waals surface area contributed by atoms with Gasteiger partial charge in [0.2, 0.25) is 0 Å². The Balaban J connectivity index is 0. The Labute approximate surface area is 72.5 Å². The van der Waals surface area contributed by atoms with Crippen LogP contribution in [0.5, 0.6) is 0 Å². The van der Waals surface area contributed by atoms with Crippen LogP contribution in [0.15, 0.2) is 0 Å². The van der Waals surface area contributed by atoms with Crippen LogP contribution in [0, 0.1) is 0 Å². The summed E-state index contributed by atoms with van der Waals surface area (Å²) in [6.07, 6.45) is -0.418. The van der Waals surface area contributed by atoms with Gasteiger partial charge in [-0.05, 0) is 12.8 Å². The van der Waals surface area contributed by atoms with Crippen molar-refractivity contribution in [3.63, 3.8) is 0 Å². The van der Waals surface area contributed by atoms with E-state index in [0.717, 1.165) is 0 Å². The molecule has 0 fully saturated rings. The average molecular weight is 181 g/mol. The van der Waals surface area contributed by atoms with Crippen molar-refractivity contribution >= 4 is 0 Å². The lowest BCUT2D eigenvalue weighted by Gasteiger charge is -2.15. The Morgan fingerprint density at radius 3 is 1.58 bits per heavy atom. The summed E-state index contributed by atoms with van der Waals surface area (Å²) >= 11 is 0. The van der Waals surface area contributed by atoms with E-state index in [0.29, 0.717) is 6.42 Å². The fraction of sp³-hybridized carbons (Fsp3) is 1.00. The van der Waals surface area contributed by atoms with Crippen LogP contribution in [0.25, 0.3) is 0 Å². The highest BCUT2D eigenvalue weighted by atomic mass is 16.5. The number of rotatable bonds is 3. The van der Waals surface area contributed by atoms with Gasteiger partial charge in [0.1, 0.15) is 0 Å². The first-order valence-corrected chi connectivity index (χ1v) is 3.90. The van der Waals surface area contributed by atoms with E-state index in [4.69, 9.17) is 26.2 Å². The van der Waals surface area contributed by atoms with Gasteiger partial charge >= 0.3 is 0 Å². The standard InChI is InChI=1S/C4H11NO2.C3H8O2/c1-2-4(6,7)3-5;1-2-3(4)5/h6-7H,2-3,5H2,1H3;3-5H,2H2,1H3. The zero-order chi connectivity index (χ0) is 10.2. The number of aliphatic hydroxyl groups excluding tert-OH is 1. The normalized spacial score (nSPS) is 11.0. The molecule has 0 radical (unpaired) electrons. The molecule has 0 amide bonds. The van der Waals surface area contributed by atoms with Crippen molar-refractivity contribution < 1.29 is 20.4 Å². The SMILES string of the molecule is CCC(O)(O)CN.CCC(O)O. The van der Waals surface area contributed by atoms with Crippen LogP contribution in [0.3, 0.4) is 0 Å². The minimum Gasteiger partial charge on any atom is -0.368 e. The molecule has 5 nitrogen and oxygen atoms in total. The molecule has 0 aliphatic heterocycles. The van der Waals surface area contributed by atoms with E-state index in [1.165, 1.54) is 0 Å². The lowest BCUT2D eigenvalue weighted by atomic mass is 10.2. The summed E-state index contributed by atoms with van der Waals surface area (Å²) in [6, 6.07) is 0. The maximum atomic E-state index is 8.56. The molecular weight excluding hydrogens is 162 g/mol. The van der Waals surface area contributed by atoms with Gasteiger partial charge in [-0.2, -0.15) is 0 Å². The molecule has 0 unspecified atom stereocenters. The molecule has 0 saturated heterocycles. The van der Waals surface area contributed by atoms with Crippen molar-refractivity contribution in [2.45, 2.75) is 38.8 Å². The Bertz CT molecular complexity index is 89.4. The quantitative estimate of drug-likeness (QED) is 0.349. The van der Waals surface area contributed by atoms with E-state index in [9.17, 15) is 0 Å². The molecule has 0 heterocycles. The van der Waals surface area contributed by atoms with Crippen molar-refractivity contribution in [2.24, 2.45) is 5.73 Å². The van der Waals surface area contributed by atoms with Crippen LogP contribution in [0.1, 0.15) is 26.7 Å². The Kier molecular flexibility index (Phi) is 8.90. The minimum absolute atomic E-state index is 0.0938. The third-order valence-corrected chi connectivity index (χ3v) is 1.26. The van der Waals surface area contributed by atoms with Gasteiger partial charge in [-0.3, -0.25) is 0 Å². The lowest BCUT2D eigenvalue weighted by molar-refractivity contribution is -0.153. The first kappa shape index (κ1) is 14.3. The van der Waals surface area contributed by atoms with E-state index >= 15 is 0 Å². The number of hydrogen-bond acceptors (Lipinski definition) is 5. The van der Waals surface area contributed by atoms with E-state index in [1.54, 1.807) is 13.8 Å². The van der Waals surface area contributed by atoms with Crippen LogP contribution in [0.4, 0.5) is 0 Å². The molecule has 5 heteroatoms. The predicted molar refractivity (Wildman–Crippen MR) is 45.0 cm³/mol. The van der Waals surface area contributed by atoms with Crippen molar-refractivity contribution in [3.05, 3.63) is 0 Å². The number of nitrogens with two attached hydrogens (primary N) is 1. The average Bonchev–Trinajstić information content (AvgIpc) is 2.05. The molecule has 0 spiro atoms. The van der Waals surface area contributed by atoms with Crippen LogP contribution < -0.4 is 5.73 Å². The van der Waals surface area contributed by atoms with Gasteiger partial charge in [-0.25, -0.2) is 0 Å². The van der Waals surface area contributed by atoms with E-state index in [-0.39, 0.29) is 13.0 Å². The molecule has 0 aliphatic carbocycles. The van der Waals surface area contributed by atoms with Crippen LogP contribution >= 0.6 is 0 Å². The Hall–Kier alpha value is -0.200. The number of aliphatic hydroxyl groups is 4. The second-order valence-electron chi connectivity index (χ2n) is 2.43. The van der Waals surface area contributed by atoms with Gasteiger partial charge in [0.05, 0.1) is 0 Å². The summed E-state index contributed by atoms with van der Waals surface area (Å²) in [5.74, 6) is -1.64. The molecule has 12 heavy (non-hydrogen) atoms. The minimum atomic E-state index is -1.64. The highest BCUT2D eigenvalue weighted by molar-refractivity contribution is 4.59. The summed E-state index contributed by atoms with van der Waals surface area (Å²) in [6.45, 7) is 3.26. The fourth-order valence-corrected chi connectivity index (χ4v) is 0.144. The van der Waals surface area contributed by atoms with Crippen molar-refractivity contribution in [3.8, 4) is 0 Å². The zero-order valence-corrected chi connectivity index (χ0v) is 7.56. The second kappa shape index (κ2) is 7.45. The van der Waals surface area contributed by atoms with Crippen LogP contribution in [0.2, 0.25) is 0 Å².